The molecule has 0 N–H and O–H groups in total. The maximum atomic E-state index is 11.9. The lowest BCUT2D eigenvalue weighted by atomic mass is 10.2. The molecule has 0 radical (unpaired) electrons. The molecule has 1 amide bonds. The van der Waals surface area contributed by atoms with Crippen molar-refractivity contribution in [2.75, 3.05) is 18.8 Å². The number of hydrogen-bond acceptors (Lipinski definition) is 2. The van der Waals surface area contributed by atoms with Crippen LogP contribution >= 0.6 is 46.6 Å². The summed E-state index contributed by atoms with van der Waals surface area (Å²) in [6, 6.07) is 3.41. The number of amides is 1. The predicted octanol–water partition coefficient (Wildman–Crippen LogP) is 4.50. The molecule has 0 atom stereocenters. The number of halogens is 3. The van der Waals surface area contributed by atoms with Crippen LogP contribution < -0.4 is 0 Å². The van der Waals surface area contributed by atoms with E-state index in [9.17, 15) is 4.79 Å². The molecule has 1 aliphatic heterocycles. The molecule has 2 nitrogen and oxygen atoms in total. The molecular formula is C13H14Cl3NOS. The third-order valence-electron chi connectivity index (χ3n) is 3.07. The summed E-state index contributed by atoms with van der Waals surface area (Å²) in [5.74, 6) is 1.24. The van der Waals surface area contributed by atoms with Gasteiger partial charge in [0.15, 0.2) is 0 Å². The molecule has 2 rings (SSSR count). The highest BCUT2D eigenvalue weighted by Crippen LogP contribution is 2.33. The van der Waals surface area contributed by atoms with Gasteiger partial charge in [0.1, 0.15) is 0 Å². The quantitative estimate of drug-likeness (QED) is 0.753. The molecule has 0 unspecified atom stereocenters. The Balaban J connectivity index is 1.89. The predicted molar refractivity (Wildman–Crippen MR) is 83.4 cm³/mol. The summed E-state index contributed by atoms with van der Waals surface area (Å²) in [5, 5.41) is 1.57. The van der Waals surface area contributed by atoms with Crippen molar-refractivity contribution in [1.82, 2.24) is 4.90 Å². The maximum Gasteiger partial charge on any atom is 0.232 e. The van der Waals surface area contributed by atoms with Crippen molar-refractivity contribution in [1.29, 1.82) is 0 Å². The van der Waals surface area contributed by atoms with Crippen molar-refractivity contribution in [3.8, 4) is 0 Å². The van der Waals surface area contributed by atoms with Gasteiger partial charge in [-0.15, -0.1) is 11.8 Å². The Hall–Kier alpha value is -0.0900. The molecule has 1 fully saturated rings. The Morgan fingerprint density at radius 3 is 2.47 bits per heavy atom. The third-order valence-corrected chi connectivity index (χ3v) is 5.21. The van der Waals surface area contributed by atoms with Crippen LogP contribution in [0.2, 0.25) is 15.1 Å². The topological polar surface area (TPSA) is 20.3 Å². The first kappa shape index (κ1) is 15.3. The highest BCUT2D eigenvalue weighted by Gasteiger charge is 2.18. The molecule has 19 heavy (non-hydrogen) atoms. The largest absolute Gasteiger partial charge is 0.342 e. The summed E-state index contributed by atoms with van der Waals surface area (Å²) in [7, 11) is 0. The molecule has 0 bridgehead atoms. The molecule has 6 heteroatoms. The fraction of sp³-hybridized carbons (Fsp3) is 0.462. The number of hydrogen-bond donors (Lipinski definition) is 0. The van der Waals surface area contributed by atoms with Gasteiger partial charge in [-0.25, -0.2) is 0 Å². The second-order valence-electron chi connectivity index (χ2n) is 4.40. The van der Waals surface area contributed by atoms with Crippen molar-refractivity contribution in [2.45, 2.75) is 18.6 Å². The Kier molecular flexibility index (Phi) is 5.70. The first-order chi connectivity index (χ1) is 9.09. The molecule has 0 saturated carbocycles. The van der Waals surface area contributed by atoms with Crippen molar-refractivity contribution in [3.05, 3.63) is 32.8 Å². The van der Waals surface area contributed by atoms with E-state index in [-0.39, 0.29) is 5.91 Å². The Labute approximate surface area is 132 Å². The lowest BCUT2D eigenvalue weighted by Crippen LogP contribution is -2.29. The summed E-state index contributed by atoms with van der Waals surface area (Å²) >= 11 is 19.7. The average molecular weight is 339 g/mol. The van der Waals surface area contributed by atoms with Crippen molar-refractivity contribution >= 4 is 52.5 Å². The SMILES string of the molecule is O=C(CSCc1c(Cl)ccc(Cl)c1Cl)N1CCCC1. The van der Waals surface area contributed by atoms with E-state index < -0.39 is 0 Å². The summed E-state index contributed by atoms with van der Waals surface area (Å²) in [5.41, 5.74) is 0.801. The Morgan fingerprint density at radius 1 is 1.16 bits per heavy atom. The van der Waals surface area contributed by atoms with E-state index in [0.717, 1.165) is 31.5 Å². The van der Waals surface area contributed by atoms with E-state index in [2.05, 4.69) is 0 Å². The second-order valence-corrected chi connectivity index (χ2v) is 6.58. The zero-order valence-corrected chi connectivity index (χ0v) is 13.4. The van der Waals surface area contributed by atoms with Crippen LogP contribution in [0.1, 0.15) is 18.4 Å². The van der Waals surface area contributed by atoms with E-state index >= 15 is 0 Å². The molecule has 0 aliphatic carbocycles. The van der Waals surface area contributed by atoms with E-state index in [1.807, 2.05) is 4.90 Å². The van der Waals surface area contributed by atoms with Gasteiger partial charge < -0.3 is 4.90 Å². The normalized spacial score (nSPS) is 15.0. The van der Waals surface area contributed by atoms with Gasteiger partial charge in [0.2, 0.25) is 5.91 Å². The number of carbonyl (C=O) groups excluding carboxylic acids is 1. The molecule has 0 spiro atoms. The summed E-state index contributed by atoms with van der Waals surface area (Å²) in [6.07, 6.45) is 2.23. The van der Waals surface area contributed by atoms with Crippen LogP contribution in [0.5, 0.6) is 0 Å². The van der Waals surface area contributed by atoms with Crippen LogP contribution in [0.3, 0.4) is 0 Å². The Bertz CT molecular complexity index is 475. The molecule has 0 aromatic heterocycles. The first-order valence-electron chi connectivity index (χ1n) is 6.07. The first-order valence-corrected chi connectivity index (χ1v) is 8.36. The second kappa shape index (κ2) is 7.07. The van der Waals surface area contributed by atoms with Crippen LogP contribution in [-0.2, 0) is 10.5 Å². The highest BCUT2D eigenvalue weighted by atomic mass is 35.5. The summed E-state index contributed by atoms with van der Waals surface area (Å²) in [6.45, 7) is 1.77. The van der Waals surface area contributed by atoms with Crippen molar-refractivity contribution < 1.29 is 4.79 Å². The van der Waals surface area contributed by atoms with Gasteiger partial charge in [0, 0.05) is 29.4 Å². The monoisotopic (exact) mass is 337 g/mol. The van der Waals surface area contributed by atoms with Crippen LogP contribution in [0.15, 0.2) is 12.1 Å². The lowest BCUT2D eigenvalue weighted by molar-refractivity contribution is -0.127. The minimum atomic E-state index is 0.191. The number of nitrogens with zero attached hydrogens (tertiary/aromatic N) is 1. The van der Waals surface area contributed by atoms with Crippen LogP contribution in [0.4, 0.5) is 0 Å². The van der Waals surface area contributed by atoms with Crippen LogP contribution in [0, 0.1) is 0 Å². The molecule has 1 aromatic carbocycles. The van der Waals surface area contributed by atoms with Crippen molar-refractivity contribution in [3.63, 3.8) is 0 Å². The van der Waals surface area contributed by atoms with Crippen molar-refractivity contribution in [2.24, 2.45) is 0 Å². The molecule has 1 aliphatic rings. The minimum Gasteiger partial charge on any atom is -0.342 e. The lowest BCUT2D eigenvalue weighted by Gasteiger charge is -2.15. The van der Waals surface area contributed by atoms with Gasteiger partial charge in [-0.1, -0.05) is 34.8 Å². The highest BCUT2D eigenvalue weighted by molar-refractivity contribution is 7.99. The number of rotatable bonds is 4. The minimum absolute atomic E-state index is 0.191. The molecule has 1 aromatic rings. The van der Waals surface area contributed by atoms with E-state index in [0.29, 0.717) is 26.6 Å². The third kappa shape index (κ3) is 3.94. The summed E-state index contributed by atoms with van der Waals surface area (Å²) < 4.78 is 0. The van der Waals surface area contributed by atoms with E-state index in [1.165, 1.54) is 11.8 Å². The standard InChI is InChI=1S/C13H14Cl3NOS/c14-10-3-4-11(15)13(16)9(10)7-19-8-12(18)17-5-1-2-6-17/h3-4H,1-2,5-8H2. The smallest absolute Gasteiger partial charge is 0.232 e. The van der Waals surface area contributed by atoms with Gasteiger partial charge in [0.05, 0.1) is 15.8 Å². The van der Waals surface area contributed by atoms with E-state index in [1.54, 1.807) is 12.1 Å². The zero-order chi connectivity index (χ0) is 13.8. The number of carbonyl (C=O) groups is 1. The molecule has 1 saturated heterocycles. The van der Waals surface area contributed by atoms with Gasteiger partial charge in [-0.3, -0.25) is 4.79 Å². The average Bonchev–Trinajstić information content (AvgIpc) is 2.92. The van der Waals surface area contributed by atoms with Gasteiger partial charge in [-0.05, 0) is 25.0 Å². The van der Waals surface area contributed by atoms with Gasteiger partial charge in [0.25, 0.3) is 0 Å². The number of likely N-dealkylation sites (tertiary alicyclic amines) is 1. The summed E-state index contributed by atoms with van der Waals surface area (Å²) in [4.78, 5) is 13.8. The number of benzene rings is 1. The molecule has 104 valence electrons. The molecular weight excluding hydrogens is 325 g/mol. The van der Waals surface area contributed by atoms with Gasteiger partial charge in [-0.2, -0.15) is 0 Å². The zero-order valence-electron chi connectivity index (χ0n) is 10.3. The Morgan fingerprint density at radius 2 is 1.79 bits per heavy atom. The molecule has 1 heterocycles. The van der Waals surface area contributed by atoms with Crippen LogP contribution in [0.25, 0.3) is 0 Å². The fourth-order valence-corrected chi connectivity index (χ4v) is 3.80. The van der Waals surface area contributed by atoms with Crippen LogP contribution in [-0.4, -0.2) is 29.6 Å². The van der Waals surface area contributed by atoms with Gasteiger partial charge >= 0.3 is 0 Å². The van der Waals surface area contributed by atoms with E-state index in [4.69, 9.17) is 34.8 Å². The maximum absolute atomic E-state index is 11.9. The fourth-order valence-electron chi connectivity index (χ4n) is 2.00. The number of thioether (sulfide) groups is 1.